The molecule has 1 saturated heterocycles. The number of rotatable bonds is 4. The van der Waals surface area contributed by atoms with Crippen LogP contribution in [0.4, 0.5) is 4.39 Å². The lowest BCUT2D eigenvalue weighted by molar-refractivity contribution is 0.150. The van der Waals surface area contributed by atoms with Gasteiger partial charge in [0.2, 0.25) is 0 Å². The highest BCUT2D eigenvalue weighted by Crippen LogP contribution is 2.21. The fourth-order valence-electron chi connectivity index (χ4n) is 3.76. The largest absolute Gasteiger partial charge is 0.341 e. The molecule has 3 heterocycles. The first-order valence-electron chi connectivity index (χ1n) is 8.82. The van der Waals surface area contributed by atoms with Gasteiger partial charge in [0.05, 0.1) is 12.1 Å². The van der Waals surface area contributed by atoms with Gasteiger partial charge in [0.1, 0.15) is 23.0 Å². The number of hydrogen-bond acceptors (Lipinski definition) is 4. The number of benzene rings is 1. The summed E-state index contributed by atoms with van der Waals surface area (Å²) in [5.74, 6) is 2.91. The lowest BCUT2D eigenvalue weighted by Gasteiger charge is -2.32. The van der Waals surface area contributed by atoms with Crippen LogP contribution < -0.4 is 0 Å². The van der Waals surface area contributed by atoms with E-state index >= 15 is 0 Å². The molecule has 6 nitrogen and oxygen atoms in total. The highest BCUT2D eigenvalue weighted by molar-refractivity contribution is 5.75. The van der Waals surface area contributed by atoms with Crippen LogP contribution in [-0.4, -0.2) is 42.7 Å². The Hall–Kier alpha value is -2.28. The maximum absolute atomic E-state index is 13.8. The Labute approximate surface area is 146 Å². The SMILES string of the molecule is Cc1nc(C)n(CC2CCCN(Cc3nc4c(F)cccc4[nH]3)C2)n1. The van der Waals surface area contributed by atoms with Crippen molar-refractivity contribution in [3.8, 4) is 0 Å². The Morgan fingerprint density at radius 3 is 2.92 bits per heavy atom. The van der Waals surface area contributed by atoms with E-state index in [1.165, 1.54) is 12.5 Å². The third-order valence-corrected chi connectivity index (χ3v) is 4.88. The maximum atomic E-state index is 13.8. The molecular formula is C18H23FN6. The number of aromatic nitrogens is 5. The standard InChI is InChI=1S/C18H23FN6/c1-12-20-13(2)25(23-12)10-14-5-4-8-24(9-14)11-17-21-16-7-3-6-15(19)18(16)22-17/h3,6-7,14H,4-5,8-11H2,1-2H3,(H,21,22). The van der Waals surface area contributed by atoms with E-state index in [2.05, 4.69) is 25.0 Å². The summed E-state index contributed by atoms with van der Waals surface area (Å²) in [6, 6.07) is 5.02. The Bertz CT molecular complexity index is 883. The van der Waals surface area contributed by atoms with Gasteiger partial charge in [0, 0.05) is 13.1 Å². The van der Waals surface area contributed by atoms with Crippen molar-refractivity contribution < 1.29 is 4.39 Å². The van der Waals surface area contributed by atoms with Crippen LogP contribution in [0.15, 0.2) is 18.2 Å². The topological polar surface area (TPSA) is 62.6 Å². The molecule has 3 aromatic rings. The summed E-state index contributed by atoms with van der Waals surface area (Å²) in [6.45, 7) is 7.60. The number of aromatic amines is 1. The minimum Gasteiger partial charge on any atom is -0.341 e. The quantitative estimate of drug-likeness (QED) is 0.792. The molecule has 1 N–H and O–H groups in total. The predicted molar refractivity (Wildman–Crippen MR) is 93.5 cm³/mol. The second-order valence-corrected chi connectivity index (χ2v) is 6.95. The monoisotopic (exact) mass is 342 g/mol. The number of nitrogens with one attached hydrogen (secondary N) is 1. The first-order valence-corrected chi connectivity index (χ1v) is 8.82. The Morgan fingerprint density at radius 2 is 2.16 bits per heavy atom. The zero-order chi connectivity index (χ0) is 17.4. The number of nitrogens with zero attached hydrogens (tertiary/aromatic N) is 5. The van der Waals surface area contributed by atoms with Crippen LogP contribution in [0.1, 0.15) is 30.3 Å². The second-order valence-electron chi connectivity index (χ2n) is 6.95. The summed E-state index contributed by atoms with van der Waals surface area (Å²) in [7, 11) is 0. The number of aryl methyl sites for hydroxylation is 2. The Balaban J connectivity index is 1.43. The zero-order valence-corrected chi connectivity index (χ0v) is 14.7. The number of likely N-dealkylation sites (tertiary alicyclic amines) is 1. The molecule has 0 amide bonds. The molecule has 25 heavy (non-hydrogen) atoms. The van der Waals surface area contributed by atoms with Gasteiger partial charge in [0.15, 0.2) is 5.82 Å². The van der Waals surface area contributed by atoms with Crippen LogP contribution in [0.25, 0.3) is 11.0 Å². The molecule has 7 heteroatoms. The highest BCUT2D eigenvalue weighted by Gasteiger charge is 2.22. The zero-order valence-electron chi connectivity index (χ0n) is 14.7. The van der Waals surface area contributed by atoms with Gasteiger partial charge in [-0.2, -0.15) is 5.10 Å². The van der Waals surface area contributed by atoms with Gasteiger partial charge in [-0.25, -0.2) is 19.0 Å². The molecule has 0 spiro atoms. The third kappa shape index (κ3) is 3.42. The number of piperidine rings is 1. The summed E-state index contributed by atoms with van der Waals surface area (Å²) in [5, 5.41) is 4.48. The van der Waals surface area contributed by atoms with Crippen molar-refractivity contribution in [3.05, 3.63) is 41.5 Å². The Morgan fingerprint density at radius 1 is 1.28 bits per heavy atom. The van der Waals surface area contributed by atoms with Gasteiger partial charge < -0.3 is 4.98 Å². The van der Waals surface area contributed by atoms with Crippen molar-refractivity contribution in [3.63, 3.8) is 0 Å². The summed E-state index contributed by atoms with van der Waals surface area (Å²) < 4.78 is 15.8. The lowest BCUT2D eigenvalue weighted by atomic mass is 9.98. The molecule has 0 aliphatic carbocycles. The highest BCUT2D eigenvalue weighted by atomic mass is 19.1. The molecule has 0 bridgehead atoms. The molecule has 0 radical (unpaired) electrons. The summed E-state index contributed by atoms with van der Waals surface area (Å²) >= 11 is 0. The molecule has 1 unspecified atom stereocenters. The molecule has 1 aliphatic heterocycles. The van der Waals surface area contributed by atoms with Crippen molar-refractivity contribution in [1.82, 2.24) is 29.6 Å². The van der Waals surface area contributed by atoms with Gasteiger partial charge >= 0.3 is 0 Å². The predicted octanol–water partition coefficient (Wildman–Crippen LogP) is 2.82. The maximum Gasteiger partial charge on any atom is 0.151 e. The number of H-pyrrole nitrogens is 1. The van der Waals surface area contributed by atoms with E-state index in [0.717, 1.165) is 55.6 Å². The van der Waals surface area contributed by atoms with Crippen LogP contribution >= 0.6 is 0 Å². The van der Waals surface area contributed by atoms with E-state index in [1.807, 2.05) is 24.6 Å². The van der Waals surface area contributed by atoms with Gasteiger partial charge in [-0.15, -0.1) is 0 Å². The third-order valence-electron chi connectivity index (χ3n) is 4.88. The fraction of sp³-hybridized carbons (Fsp3) is 0.500. The van der Waals surface area contributed by atoms with Crippen LogP contribution in [-0.2, 0) is 13.1 Å². The summed E-state index contributed by atoms with van der Waals surface area (Å²) in [5.41, 5.74) is 1.19. The van der Waals surface area contributed by atoms with E-state index in [-0.39, 0.29) is 5.82 Å². The Kier molecular flexibility index (Phi) is 4.25. The van der Waals surface area contributed by atoms with Crippen LogP contribution in [0.2, 0.25) is 0 Å². The van der Waals surface area contributed by atoms with Gasteiger partial charge in [-0.3, -0.25) is 4.90 Å². The van der Waals surface area contributed by atoms with E-state index in [9.17, 15) is 4.39 Å². The van der Waals surface area contributed by atoms with E-state index in [0.29, 0.717) is 11.4 Å². The first kappa shape index (κ1) is 16.2. The van der Waals surface area contributed by atoms with E-state index in [4.69, 9.17) is 0 Å². The van der Waals surface area contributed by atoms with Crippen molar-refractivity contribution in [2.75, 3.05) is 13.1 Å². The fourth-order valence-corrected chi connectivity index (χ4v) is 3.76. The van der Waals surface area contributed by atoms with Gasteiger partial charge in [-0.05, 0) is 51.3 Å². The molecule has 4 rings (SSSR count). The smallest absolute Gasteiger partial charge is 0.151 e. The second kappa shape index (κ2) is 6.55. The average molecular weight is 342 g/mol. The first-order chi connectivity index (χ1) is 12.1. The number of fused-ring (bicyclic) bond motifs is 1. The van der Waals surface area contributed by atoms with E-state index in [1.54, 1.807) is 6.07 Å². The normalized spacial score (nSPS) is 18.9. The van der Waals surface area contributed by atoms with Gasteiger partial charge in [-0.1, -0.05) is 6.07 Å². The minimum atomic E-state index is -0.270. The van der Waals surface area contributed by atoms with Gasteiger partial charge in [0.25, 0.3) is 0 Å². The van der Waals surface area contributed by atoms with E-state index < -0.39 is 0 Å². The number of hydrogen-bond donors (Lipinski definition) is 1. The van der Waals surface area contributed by atoms with Crippen molar-refractivity contribution in [1.29, 1.82) is 0 Å². The molecule has 1 fully saturated rings. The molecule has 132 valence electrons. The molecule has 0 saturated carbocycles. The average Bonchev–Trinajstić information content (AvgIpc) is 3.11. The molecule has 1 aromatic carbocycles. The summed E-state index contributed by atoms with van der Waals surface area (Å²) in [4.78, 5) is 14.4. The van der Waals surface area contributed by atoms with Crippen molar-refractivity contribution >= 4 is 11.0 Å². The lowest BCUT2D eigenvalue weighted by Crippen LogP contribution is -2.37. The van der Waals surface area contributed by atoms with Crippen LogP contribution in [0.3, 0.4) is 0 Å². The molecule has 2 aromatic heterocycles. The number of para-hydroxylation sites is 1. The van der Waals surface area contributed by atoms with Crippen LogP contribution in [0, 0.1) is 25.6 Å². The van der Waals surface area contributed by atoms with Crippen molar-refractivity contribution in [2.45, 2.75) is 39.8 Å². The minimum absolute atomic E-state index is 0.270. The number of imidazole rings is 1. The van der Waals surface area contributed by atoms with Crippen LogP contribution in [0.5, 0.6) is 0 Å². The summed E-state index contributed by atoms with van der Waals surface area (Å²) in [6.07, 6.45) is 2.36. The molecule has 1 atom stereocenters. The molecule has 1 aliphatic rings. The number of halogens is 1. The molecular weight excluding hydrogens is 319 g/mol. The van der Waals surface area contributed by atoms with Crippen molar-refractivity contribution in [2.24, 2.45) is 5.92 Å².